The summed E-state index contributed by atoms with van der Waals surface area (Å²) in [6, 6.07) is 8.67. The molecule has 136 valence electrons. The minimum Gasteiger partial charge on any atom is -0.545 e. The van der Waals surface area contributed by atoms with E-state index in [9.17, 15) is 23.1 Å². The number of carboxylic acids is 1. The average molecular weight is 403 g/mol. The van der Waals surface area contributed by atoms with Gasteiger partial charge in [-0.25, -0.2) is 0 Å². The molecule has 1 unspecified atom stereocenters. The van der Waals surface area contributed by atoms with E-state index in [1.807, 2.05) is 0 Å². The van der Waals surface area contributed by atoms with Crippen molar-refractivity contribution in [3.8, 4) is 0 Å². The summed E-state index contributed by atoms with van der Waals surface area (Å²) in [6.45, 7) is 0. The third-order valence-corrected chi connectivity index (χ3v) is 4.41. The van der Waals surface area contributed by atoms with E-state index in [-0.39, 0.29) is 26.9 Å². The SMILES string of the molecule is O=C([O-])c1ccc(C2=NOC(c3cc(Cl)cc(Cl)c3)(C(F)(F)F)C2)cc1. The predicted octanol–water partition coefficient (Wildman–Crippen LogP) is 3.94. The Morgan fingerprint density at radius 1 is 1.12 bits per heavy atom. The number of nitrogens with zero attached hydrogens (tertiary/aromatic N) is 1. The van der Waals surface area contributed by atoms with E-state index in [4.69, 9.17) is 28.0 Å². The topological polar surface area (TPSA) is 61.7 Å². The number of hydrogen-bond donors (Lipinski definition) is 0. The molecule has 0 bridgehead atoms. The Labute approximate surface area is 155 Å². The van der Waals surface area contributed by atoms with Gasteiger partial charge in [0.1, 0.15) is 0 Å². The highest BCUT2D eigenvalue weighted by Crippen LogP contribution is 2.49. The zero-order valence-corrected chi connectivity index (χ0v) is 14.3. The molecule has 0 amide bonds. The maximum absolute atomic E-state index is 13.9. The third kappa shape index (κ3) is 3.24. The predicted molar refractivity (Wildman–Crippen MR) is 87.2 cm³/mol. The molecule has 0 N–H and O–H groups in total. The molecule has 1 atom stereocenters. The Balaban J connectivity index is 1.99. The van der Waals surface area contributed by atoms with Crippen LogP contribution in [0.3, 0.4) is 0 Å². The largest absolute Gasteiger partial charge is 0.545 e. The molecule has 26 heavy (non-hydrogen) atoms. The van der Waals surface area contributed by atoms with Crippen LogP contribution >= 0.6 is 23.2 Å². The normalized spacial score (nSPS) is 19.8. The van der Waals surface area contributed by atoms with Crippen molar-refractivity contribution in [1.82, 2.24) is 0 Å². The van der Waals surface area contributed by atoms with Gasteiger partial charge in [0.05, 0.1) is 11.7 Å². The van der Waals surface area contributed by atoms with Crippen molar-refractivity contribution < 1.29 is 27.9 Å². The molecule has 1 aliphatic heterocycles. The van der Waals surface area contributed by atoms with Crippen molar-refractivity contribution in [2.75, 3.05) is 0 Å². The second kappa shape index (κ2) is 6.48. The lowest BCUT2D eigenvalue weighted by Crippen LogP contribution is -2.42. The summed E-state index contributed by atoms with van der Waals surface area (Å²) < 4.78 is 41.6. The first-order valence-corrected chi connectivity index (χ1v) is 7.98. The number of halogens is 5. The summed E-state index contributed by atoms with van der Waals surface area (Å²) in [5, 5.41) is 14.4. The van der Waals surface area contributed by atoms with Gasteiger partial charge in [0, 0.05) is 22.0 Å². The quantitative estimate of drug-likeness (QED) is 0.780. The zero-order valence-electron chi connectivity index (χ0n) is 12.8. The van der Waals surface area contributed by atoms with Crippen LogP contribution in [0.5, 0.6) is 0 Å². The van der Waals surface area contributed by atoms with Crippen LogP contribution in [0.4, 0.5) is 13.2 Å². The Morgan fingerprint density at radius 2 is 1.69 bits per heavy atom. The summed E-state index contributed by atoms with van der Waals surface area (Å²) >= 11 is 11.7. The molecule has 0 fully saturated rings. The third-order valence-electron chi connectivity index (χ3n) is 3.97. The van der Waals surface area contributed by atoms with Gasteiger partial charge < -0.3 is 14.7 Å². The van der Waals surface area contributed by atoms with Crippen LogP contribution in [0.15, 0.2) is 47.6 Å². The standard InChI is InChI=1S/C17H10Cl2F3NO3/c18-12-5-11(6-13(19)7-12)16(17(20,21)22)8-14(23-26-16)9-1-3-10(4-2-9)15(24)25/h1-7H,8H2,(H,24,25)/p-1. The molecule has 1 heterocycles. The molecule has 4 nitrogen and oxygen atoms in total. The van der Waals surface area contributed by atoms with E-state index in [0.29, 0.717) is 5.56 Å². The van der Waals surface area contributed by atoms with E-state index in [1.54, 1.807) is 0 Å². The van der Waals surface area contributed by atoms with Crippen molar-refractivity contribution in [1.29, 1.82) is 0 Å². The van der Waals surface area contributed by atoms with Crippen LogP contribution in [0.1, 0.15) is 27.9 Å². The van der Waals surface area contributed by atoms with Crippen molar-refractivity contribution >= 4 is 34.9 Å². The van der Waals surface area contributed by atoms with Crippen LogP contribution in [0.2, 0.25) is 10.0 Å². The molecule has 1 aliphatic rings. The van der Waals surface area contributed by atoms with E-state index in [1.165, 1.54) is 30.3 Å². The molecule has 0 saturated carbocycles. The van der Waals surface area contributed by atoms with Gasteiger partial charge in [-0.2, -0.15) is 13.2 Å². The van der Waals surface area contributed by atoms with Crippen LogP contribution in [-0.4, -0.2) is 17.9 Å². The molecule has 0 aliphatic carbocycles. The first-order valence-electron chi connectivity index (χ1n) is 7.22. The van der Waals surface area contributed by atoms with Gasteiger partial charge in [-0.1, -0.05) is 52.6 Å². The smallest absolute Gasteiger partial charge is 0.435 e. The van der Waals surface area contributed by atoms with Gasteiger partial charge in [0.15, 0.2) is 0 Å². The molecule has 0 spiro atoms. The molecular weight excluding hydrogens is 394 g/mol. The number of oxime groups is 1. The van der Waals surface area contributed by atoms with Gasteiger partial charge in [-0.15, -0.1) is 0 Å². The highest BCUT2D eigenvalue weighted by Gasteiger charge is 2.62. The molecule has 2 aromatic rings. The lowest BCUT2D eigenvalue weighted by atomic mass is 9.86. The molecule has 2 aromatic carbocycles. The number of alkyl halides is 3. The Morgan fingerprint density at radius 3 is 2.19 bits per heavy atom. The van der Waals surface area contributed by atoms with Crippen LogP contribution in [0.25, 0.3) is 0 Å². The number of carbonyl (C=O) groups is 1. The second-order valence-electron chi connectivity index (χ2n) is 5.65. The number of benzene rings is 2. The Kier molecular flexibility index (Phi) is 4.62. The summed E-state index contributed by atoms with van der Waals surface area (Å²) in [7, 11) is 0. The highest BCUT2D eigenvalue weighted by molar-refractivity contribution is 6.34. The maximum Gasteiger partial charge on any atom is 0.435 e. The fourth-order valence-electron chi connectivity index (χ4n) is 2.64. The monoisotopic (exact) mass is 402 g/mol. The van der Waals surface area contributed by atoms with E-state index in [2.05, 4.69) is 5.16 Å². The summed E-state index contributed by atoms with van der Waals surface area (Å²) in [4.78, 5) is 15.6. The van der Waals surface area contributed by atoms with Crippen molar-refractivity contribution in [3.05, 3.63) is 69.2 Å². The second-order valence-corrected chi connectivity index (χ2v) is 6.53. The van der Waals surface area contributed by atoms with Gasteiger partial charge >= 0.3 is 6.18 Å². The van der Waals surface area contributed by atoms with Crippen LogP contribution in [0, 0.1) is 0 Å². The van der Waals surface area contributed by atoms with Gasteiger partial charge in [-0.3, -0.25) is 0 Å². The van der Waals surface area contributed by atoms with E-state index in [0.717, 1.165) is 12.1 Å². The summed E-state index contributed by atoms with van der Waals surface area (Å²) in [6.07, 6.45) is -5.41. The highest BCUT2D eigenvalue weighted by atomic mass is 35.5. The summed E-state index contributed by atoms with van der Waals surface area (Å²) in [5.74, 6) is -1.39. The minimum absolute atomic E-state index is 0.0170. The van der Waals surface area contributed by atoms with Crippen molar-refractivity contribution in [3.63, 3.8) is 0 Å². The van der Waals surface area contributed by atoms with Gasteiger partial charge in [0.2, 0.25) is 0 Å². The number of carboxylic acid groups (broad SMARTS) is 1. The molecule has 0 saturated heterocycles. The first-order chi connectivity index (χ1) is 12.1. The van der Waals surface area contributed by atoms with Crippen LogP contribution in [-0.2, 0) is 10.4 Å². The molecule has 0 radical (unpaired) electrons. The lowest BCUT2D eigenvalue weighted by Gasteiger charge is -2.29. The Bertz CT molecular complexity index is 877. The van der Waals surface area contributed by atoms with E-state index < -0.39 is 24.2 Å². The van der Waals surface area contributed by atoms with E-state index >= 15 is 0 Å². The van der Waals surface area contributed by atoms with Crippen molar-refractivity contribution in [2.24, 2.45) is 5.16 Å². The maximum atomic E-state index is 13.9. The zero-order chi connectivity index (χ0) is 19.1. The number of rotatable bonds is 3. The fourth-order valence-corrected chi connectivity index (χ4v) is 3.17. The van der Waals surface area contributed by atoms with Crippen LogP contribution < -0.4 is 5.11 Å². The average Bonchev–Trinajstić information content (AvgIpc) is 3.00. The number of hydrogen-bond acceptors (Lipinski definition) is 4. The number of aromatic carboxylic acids is 1. The molecule has 0 aromatic heterocycles. The number of carbonyl (C=O) groups excluding carboxylic acids is 1. The first kappa shape index (κ1) is 18.5. The van der Waals surface area contributed by atoms with Crippen molar-refractivity contribution in [2.45, 2.75) is 18.2 Å². The fraction of sp³-hybridized carbons (Fsp3) is 0.176. The molecule has 9 heteroatoms. The summed E-state index contributed by atoms with van der Waals surface area (Å²) in [5.41, 5.74) is -2.79. The minimum atomic E-state index is -4.79. The molecule has 3 rings (SSSR count). The Hall–Kier alpha value is -2.25. The van der Waals surface area contributed by atoms with Gasteiger partial charge in [0.25, 0.3) is 5.60 Å². The van der Waals surface area contributed by atoms with Gasteiger partial charge in [-0.05, 0) is 29.3 Å². The lowest BCUT2D eigenvalue weighted by molar-refractivity contribution is -0.275. The molecular formula is C17H9Cl2F3NO3-.